The van der Waals surface area contributed by atoms with Gasteiger partial charge in [-0.05, 0) is 32.2 Å². The minimum Gasteiger partial charge on any atom is -0.389 e. The summed E-state index contributed by atoms with van der Waals surface area (Å²) >= 11 is 1.79. The number of hydrogen-bond donors (Lipinski definition) is 1. The standard InChI is InChI=1S/C14H20N2OS/c1-10(9-18-4)16(3)14-7-12(8-15)5-6-13(14)11(2)17/h5-7,10-11,17H,9H2,1-4H3. The summed E-state index contributed by atoms with van der Waals surface area (Å²) in [6, 6.07) is 7.93. The minimum absolute atomic E-state index is 0.353. The van der Waals surface area contributed by atoms with Crippen molar-refractivity contribution in [2.24, 2.45) is 0 Å². The predicted molar refractivity (Wildman–Crippen MR) is 78.0 cm³/mol. The van der Waals surface area contributed by atoms with Crippen molar-refractivity contribution in [2.75, 3.05) is 24.0 Å². The van der Waals surface area contributed by atoms with Gasteiger partial charge in [0.05, 0.1) is 17.7 Å². The van der Waals surface area contributed by atoms with Gasteiger partial charge in [-0.3, -0.25) is 0 Å². The molecule has 0 saturated carbocycles. The van der Waals surface area contributed by atoms with E-state index in [1.807, 2.05) is 19.2 Å². The Labute approximate surface area is 113 Å². The molecule has 18 heavy (non-hydrogen) atoms. The van der Waals surface area contributed by atoms with Crippen molar-refractivity contribution >= 4 is 17.4 Å². The number of thioether (sulfide) groups is 1. The Hall–Kier alpha value is -1.18. The van der Waals surface area contributed by atoms with Gasteiger partial charge in [-0.15, -0.1) is 0 Å². The maximum absolute atomic E-state index is 9.81. The lowest BCUT2D eigenvalue weighted by molar-refractivity contribution is 0.199. The number of rotatable bonds is 5. The normalized spacial score (nSPS) is 13.8. The molecule has 1 N–H and O–H groups in total. The second-order valence-corrected chi connectivity index (χ2v) is 5.39. The molecule has 0 heterocycles. The van der Waals surface area contributed by atoms with Crippen molar-refractivity contribution < 1.29 is 5.11 Å². The smallest absolute Gasteiger partial charge is 0.0992 e. The van der Waals surface area contributed by atoms with Gasteiger partial charge in [-0.1, -0.05) is 6.07 Å². The molecule has 0 bridgehead atoms. The van der Waals surface area contributed by atoms with Crippen molar-refractivity contribution in [1.82, 2.24) is 0 Å². The molecule has 4 heteroatoms. The SMILES string of the molecule is CSCC(C)N(C)c1cc(C#N)ccc1C(C)O. The summed E-state index contributed by atoms with van der Waals surface area (Å²) in [5, 5.41) is 18.8. The fourth-order valence-electron chi connectivity index (χ4n) is 1.86. The average Bonchev–Trinajstić information content (AvgIpc) is 2.37. The lowest BCUT2D eigenvalue weighted by Crippen LogP contribution is -2.31. The van der Waals surface area contributed by atoms with E-state index in [1.54, 1.807) is 24.8 Å². The summed E-state index contributed by atoms with van der Waals surface area (Å²) < 4.78 is 0. The largest absolute Gasteiger partial charge is 0.389 e. The van der Waals surface area contributed by atoms with Crippen LogP contribution in [0.25, 0.3) is 0 Å². The molecule has 0 spiro atoms. The zero-order valence-corrected chi connectivity index (χ0v) is 12.2. The third-order valence-corrected chi connectivity index (χ3v) is 3.87. The number of aliphatic hydroxyl groups excluding tert-OH is 1. The van der Waals surface area contributed by atoms with Crippen molar-refractivity contribution in [2.45, 2.75) is 26.0 Å². The van der Waals surface area contributed by atoms with Crippen LogP contribution in [0, 0.1) is 11.3 Å². The van der Waals surface area contributed by atoms with Crippen molar-refractivity contribution in [3.05, 3.63) is 29.3 Å². The highest BCUT2D eigenvalue weighted by molar-refractivity contribution is 7.98. The van der Waals surface area contributed by atoms with Crippen molar-refractivity contribution in [3.8, 4) is 6.07 Å². The molecule has 1 rings (SSSR count). The Morgan fingerprint density at radius 3 is 2.61 bits per heavy atom. The highest BCUT2D eigenvalue weighted by Gasteiger charge is 2.16. The van der Waals surface area contributed by atoms with Crippen LogP contribution in [0.15, 0.2) is 18.2 Å². The summed E-state index contributed by atoms with van der Waals surface area (Å²) in [5.41, 5.74) is 2.42. The lowest BCUT2D eigenvalue weighted by atomic mass is 10.0. The third-order valence-electron chi connectivity index (χ3n) is 3.06. The van der Waals surface area contributed by atoms with Crippen LogP contribution < -0.4 is 4.90 Å². The molecule has 0 saturated heterocycles. The molecular formula is C14H20N2OS. The Bertz CT molecular complexity index is 440. The van der Waals surface area contributed by atoms with E-state index in [9.17, 15) is 5.11 Å². The van der Waals surface area contributed by atoms with E-state index < -0.39 is 6.10 Å². The van der Waals surface area contributed by atoms with Crippen LogP contribution in [0.1, 0.15) is 31.1 Å². The van der Waals surface area contributed by atoms with Crippen LogP contribution >= 0.6 is 11.8 Å². The van der Waals surface area contributed by atoms with Gasteiger partial charge >= 0.3 is 0 Å². The van der Waals surface area contributed by atoms with E-state index in [2.05, 4.69) is 24.1 Å². The molecule has 2 atom stereocenters. The van der Waals surface area contributed by atoms with Gasteiger partial charge in [0.25, 0.3) is 0 Å². The number of anilines is 1. The molecule has 0 aliphatic heterocycles. The molecule has 0 aliphatic carbocycles. The molecule has 0 amide bonds. The van der Waals surface area contributed by atoms with Crippen LogP contribution in [0.4, 0.5) is 5.69 Å². The van der Waals surface area contributed by atoms with Gasteiger partial charge in [0, 0.05) is 30.1 Å². The zero-order chi connectivity index (χ0) is 13.7. The van der Waals surface area contributed by atoms with E-state index in [0.29, 0.717) is 11.6 Å². The average molecular weight is 264 g/mol. The zero-order valence-electron chi connectivity index (χ0n) is 11.3. The molecular weight excluding hydrogens is 244 g/mol. The topological polar surface area (TPSA) is 47.3 Å². The number of aliphatic hydroxyl groups is 1. The predicted octanol–water partition coefficient (Wildman–Crippen LogP) is 2.80. The fraction of sp³-hybridized carbons (Fsp3) is 0.500. The van der Waals surface area contributed by atoms with E-state index in [-0.39, 0.29) is 0 Å². The van der Waals surface area contributed by atoms with Gasteiger partial charge in [0.2, 0.25) is 0 Å². The van der Waals surface area contributed by atoms with E-state index in [4.69, 9.17) is 5.26 Å². The number of benzene rings is 1. The number of hydrogen-bond acceptors (Lipinski definition) is 4. The van der Waals surface area contributed by atoms with Gasteiger partial charge in [-0.25, -0.2) is 0 Å². The summed E-state index contributed by atoms with van der Waals surface area (Å²) in [7, 11) is 2.00. The monoisotopic (exact) mass is 264 g/mol. The Morgan fingerprint density at radius 1 is 1.44 bits per heavy atom. The van der Waals surface area contributed by atoms with Crippen LogP contribution in [0.3, 0.4) is 0 Å². The molecule has 0 radical (unpaired) electrons. The molecule has 1 aromatic rings. The first-order chi connectivity index (χ1) is 8.51. The quantitative estimate of drug-likeness (QED) is 0.888. The third kappa shape index (κ3) is 3.41. The maximum atomic E-state index is 9.81. The van der Waals surface area contributed by atoms with Crippen LogP contribution in [-0.2, 0) is 0 Å². The van der Waals surface area contributed by atoms with Crippen molar-refractivity contribution in [3.63, 3.8) is 0 Å². The van der Waals surface area contributed by atoms with E-state index in [1.165, 1.54) is 0 Å². The molecule has 2 unspecified atom stereocenters. The Balaban J connectivity index is 3.15. The first-order valence-electron chi connectivity index (χ1n) is 5.95. The fourth-order valence-corrected chi connectivity index (χ4v) is 2.57. The summed E-state index contributed by atoms with van der Waals surface area (Å²) in [5.74, 6) is 1.01. The molecule has 3 nitrogen and oxygen atoms in total. The van der Waals surface area contributed by atoms with Crippen LogP contribution in [-0.4, -0.2) is 30.2 Å². The Morgan fingerprint density at radius 2 is 2.11 bits per heavy atom. The maximum Gasteiger partial charge on any atom is 0.0992 e. The highest BCUT2D eigenvalue weighted by atomic mass is 32.2. The summed E-state index contributed by atoms with van der Waals surface area (Å²) in [6.45, 7) is 3.89. The first kappa shape index (κ1) is 14.9. The second kappa shape index (κ2) is 6.67. The Kier molecular flexibility index (Phi) is 5.52. The molecule has 98 valence electrons. The van der Waals surface area contributed by atoms with Crippen LogP contribution in [0.5, 0.6) is 0 Å². The summed E-state index contributed by atoms with van der Waals surface area (Å²) in [4.78, 5) is 2.12. The van der Waals surface area contributed by atoms with Gasteiger partial charge in [0.15, 0.2) is 0 Å². The second-order valence-electron chi connectivity index (χ2n) is 4.48. The minimum atomic E-state index is -0.531. The molecule has 1 aromatic carbocycles. The number of nitriles is 1. The van der Waals surface area contributed by atoms with Gasteiger partial charge in [-0.2, -0.15) is 17.0 Å². The highest BCUT2D eigenvalue weighted by Crippen LogP contribution is 2.28. The molecule has 0 aliphatic rings. The van der Waals surface area contributed by atoms with Gasteiger partial charge in [0.1, 0.15) is 0 Å². The van der Waals surface area contributed by atoms with Crippen molar-refractivity contribution in [1.29, 1.82) is 5.26 Å². The van der Waals surface area contributed by atoms with Gasteiger partial charge < -0.3 is 10.0 Å². The van der Waals surface area contributed by atoms with Crippen LogP contribution in [0.2, 0.25) is 0 Å². The lowest BCUT2D eigenvalue weighted by Gasteiger charge is -2.29. The van der Waals surface area contributed by atoms with E-state index in [0.717, 1.165) is 17.0 Å². The summed E-state index contributed by atoms with van der Waals surface area (Å²) in [6.07, 6.45) is 1.54. The molecule has 0 fully saturated rings. The van der Waals surface area contributed by atoms with E-state index >= 15 is 0 Å². The first-order valence-corrected chi connectivity index (χ1v) is 7.34. The number of nitrogens with zero attached hydrogens (tertiary/aromatic N) is 2. The molecule has 0 aromatic heterocycles.